The number of nitrogens with zero attached hydrogens (tertiary/aromatic N) is 2. The molecule has 1 heterocycles. The number of aliphatic hydroxyl groups is 1. The van der Waals surface area contributed by atoms with Gasteiger partial charge in [-0.25, -0.2) is 4.39 Å². The van der Waals surface area contributed by atoms with Crippen molar-refractivity contribution in [3.8, 4) is 11.6 Å². The standard InChI is InChI=1S/C38H54BrFN2O9Si/c1-12-14-16-48-31-24-21(28(40)25(27(31)39)36(46-8)47-9)18-20-19-22-29(42(6)7)32-26(35(41-50-32)49-17-15-13-2)34(45)38(22,33(44)23(20)30(24)43)51-52(10,11)37(3,4)5/h20,22,29,36,43H,12-19H2,1-11H3/t20-,22-,29-,38-/m0/s1. The van der Waals surface area contributed by atoms with Gasteiger partial charge < -0.3 is 33.0 Å². The molecule has 0 bridgehead atoms. The maximum Gasteiger partial charge on any atom is 0.265 e. The van der Waals surface area contributed by atoms with E-state index in [2.05, 4.69) is 21.1 Å². The van der Waals surface area contributed by atoms with Crippen LogP contribution >= 0.6 is 15.9 Å². The van der Waals surface area contributed by atoms with Crippen LogP contribution in [0.1, 0.15) is 112 Å². The highest BCUT2D eigenvalue weighted by atomic mass is 79.9. The molecule has 0 radical (unpaired) electrons. The molecule has 0 amide bonds. The van der Waals surface area contributed by atoms with Crippen molar-refractivity contribution in [2.45, 2.75) is 109 Å². The maximum atomic E-state index is 16.8. The second kappa shape index (κ2) is 15.3. The van der Waals surface area contributed by atoms with Crippen molar-refractivity contribution in [1.29, 1.82) is 0 Å². The van der Waals surface area contributed by atoms with Gasteiger partial charge in [-0.2, -0.15) is 0 Å². The predicted octanol–water partition coefficient (Wildman–Crippen LogP) is 8.52. The second-order valence-electron chi connectivity index (χ2n) is 15.8. The molecule has 2 aromatic rings. The van der Waals surface area contributed by atoms with Gasteiger partial charge in [-0.3, -0.25) is 14.5 Å². The molecule has 1 aromatic carbocycles. The normalized spacial score (nSPS) is 23.2. The minimum absolute atomic E-state index is 0.0232. The van der Waals surface area contributed by atoms with Crippen LogP contribution in [-0.4, -0.2) is 82.2 Å². The van der Waals surface area contributed by atoms with Crippen LogP contribution in [0, 0.1) is 17.7 Å². The van der Waals surface area contributed by atoms with E-state index in [1.165, 1.54) is 14.2 Å². The molecule has 1 N–H and O–H groups in total. The van der Waals surface area contributed by atoms with E-state index in [9.17, 15) is 5.11 Å². The van der Waals surface area contributed by atoms with Crippen molar-refractivity contribution in [1.82, 2.24) is 10.1 Å². The summed E-state index contributed by atoms with van der Waals surface area (Å²) in [6.07, 6.45) is 2.30. The van der Waals surface area contributed by atoms with E-state index in [1.807, 2.05) is 66.7 Å². The molecule has 52 heavy (non-hydrogen) atoms. The van der Waals surface area contributed by atoms with E-state index < -0.39 is 66.3 Å². The van der Waals surface area contributed by atoms with Gasteiger partial charge >= 0.3 is 0 Å². The van der Waals surface area contributed by atoms with Gasteiger partial charge in [-0.05, 0) is 84.9 Å². The first-order valence-corrected chi connectivity index (χ1v) is 21.9. The van der Waals surface area contributed by atoms with Gasteiger partial charge in [0, 0.05) is 31.3 Å². The highest BCUT2D eigenvalue weighted by Gasteiger charge is 2.69. The van der Waals surface area contributed by atoms with Crippen LogP contribution in [-0.2, 0) is 25.1 Å². The van der Waals surface area contributed by atoms with E-state index >= 15 is 14.0 Å². The number of halogens is 2. The number of fused-ring (bicyclic) bond motifs is 4. The number of benzene rings is 1. The minimum Gasteiger partial charge on any atom is -0.507 e. The highest BCUT2D eigenvalue weighted by molar-refractivity contribution is 9.10. The Balaban J connectivity index is 1.81. The molecule has 1 fully saturated rings. The molecule has 14 heteroatoms. The fourth-order valence-corrected chi connectivity index (χ4v) is 9.73. The van der Waals surface area contributed by atoms with E-state index in [0.717, 1.165) is 19.3 Å². The largest absolute Gasteiger partial charge is 0.507 e. The van der Waals surface area contributed by atoms with Crippen molar-refractivity contribution < 1.29 is 47.0 Å². The summed E-state index contributed by atoms with van der Waals surface area (Å²) < 4.78 is 53.3. The van der Waals surface area contributed by atoms with E-state index in [1.54, 1.807) is 0 Å². The van der Waals surface area contributed by atoms with Crippen molar-refractivity contribution in [2.24, 2.45) is 11.8 Å². The average molecular weight is 810 g/mol. The Morgan fingerprint density at radius 3 is 2.23 bits per heavy atom. The third kappa shape index (κ3) is 6.48. The molecular formula is C38H54BrFN2O9Si. The number of Topliss-reactive ketones (excluding diaryl/α,β-unsaturated/α-hetero) is 2. The third-order valence-corrected chi connectivity index (χ3v) is 16.5. The van der Waals surface area contributed by atoms with E-state index in [-0.39, 0.29) is 63.4 Å². The van der Waals surface area contributed by atoms with Crippen LogP contribution in [0.4, 0.5) is 4.39 Å². The van der Waals surface area contributed by atoms with Gasteiger partial charge in [0.25, 0.3) is 5.88 Å². The molecule has 0 spiro atoms. The molecule has 4 atom stereocenters. The maximum absolute atomic E-state index is 16.8. The fourth-order valence-electron chi connectivity index (χ4n) is 7.60. The van der Waals surface area contributed by atoms with Gasteiger partial charge in [-0.1, -0.05) is 47.5 Å². The Hall–Kier alpha value is -2.62. The van der Waals surface area contributed by atoms with Crippen molar-refractivity contribution in [3.05, 3.63) is 43.9 Å². The van der Waals surface area contributed by atoms with Gasteiger partial charge in [-0.15, -0.1) is 0 Å². The van der Waals surface area contributed by atoms with Crippen molar-refractivity contribution in [3.63, 3.8) is 0 Å². The Morgan fingerprint density at radius 1 is 1.06 bits per heavy atom. The van der Waals surface area contributed by atoms with Gasteiger partial charge in [0.15, 0.2) is 26.0 Å². The number of rotatable bonds is 14. The second-order valence-corrected chi connectivity index (χ2v) is 21.3. The minimum atomic E-state index is -2.91. The molecule has 3 aliphatic rings. The molecule has 1 aromatic heterocycles. The number of unbranched alkanes of at least 4 members (excludes halogenated alkanes) is 2. The first-order valence-electron chi connectivity index (χ1n) is 18.2. The van der Waals surface area contributed by atoms with Crippen LogP contribution in [0.3, 0.4) is 0 Å². The topological polar surface area (TPSA) is 130 Å². The summed E-state index contributed by atoms with van der Waals surface area (Å²) in [5, 5.41) is 16.1. The van der Waals surface area contributed by atoms with Crippen LogP contribution in [0.15, 0.2) is 14.6 Å². The lowest BCUT2D eigenvalue weighted by atomic mass is 9.57. The number of hydrogen-bond acceptors (Lipinski definition) is 11. The first kappa shape index (κ1) is 40.6. The number of ketones is 2. The Morgan fingerprint density at radius 2 is 1.67 bits per heavy atom. The van der Waals surface area contributed by atoms with Crippen LogP contribution in [0.5, 0.6) is 11.6 Å². The molecule has 0 unspecified atom stereocenters. The molecule has 0 saturated heterocycles. The Bertz CT molecular complexity index is 1730. The molecule has 11 nitrogen and oxygen atoms in total. The summed E-state index contributed by atoms with van der Waals surface area (Å²) in [6, 6.07) is -0.632. The number of ether oxygens (including phenoxy) is 4. The monoisotopic (exact) mass is 808 g/mol. The number of methoxy groups -OCH3 is 2. The quantitative estimate of drug-likeness (QED) is 0.0854. The summed E-state index contributed by atoms with van der Waals surface area (Å²) in [4.78, 5) is 32.8. The summed E-state index contributed by atoms with van der Waals surface area (Å²) in [5.41, 5.74) is -1.61. The summed E-state index contributed by atoms with van der Waals surface area (Å²) in [6.45, 7) is 14.8. The number of hydrogen-bond donors (Lipinski definition) is 1. The van der Waals surface area contributed by atoms with Gasteiger partial charge in [0.05, 0.1) is 34.9 Å². The lowest BCUT2D eigenvalue weighted by Crippen LogP contribution is -2.68. The zero-order valence-corrected chi connectivity index (χ0v) is 34.9. The van der Waals surface area contributed by atoms with Gasteiger partial charge in [0.1, 0.15) is 22.9 Å². The SMILES string of the molecule is CCCCOc1noc2c1C(=O)[C@@]1(O[Si](C)(C)C(C)(C)C)C(=O)C3=C(O)c4c(c(F)c(C(OC)OC)c(Br)c4OCCCC)C[C@H]3C[C@H]1[C@@H]2N(C)C. The predicted molar refractivity (Wildman–Crippen MR) is 200 cm³/mol. The fraction of sp³-hybridized carbons (Fsp3) is 0.658. The Labute approximate surface area is 315 Å². The highest BCUT2D eigenvalue weighted by Crippen LogP contribution is 2.60. The molecule has 0 aliphatic heterocycles. The smallest absolute Gasteiger partial charge is 0.265 e. The van der Waals surface area contributed by atoms with E-state index in [4.69, 9.17) is 27.9 Å². The van der Waals surface area contributed by atoms with Crippen LogP contribution in [0.2, 0.25) is 18.1 Å². The van der Waals surface area contributed by atoms with Crippen LogP contribution in [0.25, 0.3) is 5.76 Å². The summed E-state index contributed by atoms with van der Waals surface area (Å²) in [5.74, 6) is -3.25. The molecule has 3 aliphatic carbocycles. The first-order chi connectivity index (χ1) is 24.4. The van der Waals surface area contributed by atoms with Crippen LogP contribution < -0.4 is 9.47 Å². The van der Waals surface area contributed by atoms with Crippen molar-refractivity contribution in [2.75, 3.05) is 41.5 Å². The average Bonchev–Trinajstić information content (AvgIpc) is 3.48. The number of aromatic nitrogens is 1. The van der Waals surface area contributed by atoms with E-state index in [0.29, 0.717) is 18.8 Å². The third-order valence-electron chi connectivity index (χ3n) is 11.3. The van der Waals surface area contributed by atoms with Gasteiger partial charge in [0.2, 0.25) is 11.6 Å². The number of carbonyl (C=O) groups excluding carboxylic acids is 2. The zero-order valence-electron chi connectivity index (χ0n) is 32.3. The van der Waals surface area contributed by atoms with Crippen molar-refractivity contribution >= 4 is 41.6 Å². The summed E-state index contributed by atoms with van der Waals surface area (Å²) >= 11 is 3.53. The number of carbonyl (C=O) groups is 2. The number of aliphatic hydroxyl groups excluding tert-OH is 1. The molecular weight excluding hydrogens is 755 g/mol. The molecule has 288 valence electrons. The molecule has 1 saturated carbocycles. The molecule has 5 rings (SSSR count). The lowest BCUT2D eigenvalue weighted by Gasteiger charge is -2.55. The lowest BCUT2D eigenvalue weighted by molar-refractivity contribution is -0.140. The Kier molecular flexibility index (Phi) is 11.9. The zero-order chi connectivity index (χ0) is 38.5. The summed E-state index contributed by atoms with van der Waals surface area (Å²) in [7, 11) is 3.61.